The molecule has 0 saturated heterocycles. The highest BCUT2D eigenvalue weighted by atomic mass is 16.4. The summed E-state index contributed by atoms with van der Waals surface area (Å²) in [6.07, 6.45) is 0.692. The summed E-state index contributed by atoms with van der Waals surface area (Å²) in [7, 11) is 0. The summed E-state index contributed by atoms with van der Waals surface area (Å²) in [5.74, 6) is -1.74. The first-order chi connectivity index (χ1) is 5.94. The first-order valence-corrected chi connectivity index (χ1v) is 3.56. The van der Waals surface area contributed by atoms with E-state index in [1.54, 1.807) is 0 Å². The Morgan fingerprint density at radius 3 is 2.77 bits per heavy atom. The van der Waals surface area contributed by atoms with Crippen molar-refractivity contribution in [3.63, 3.8) is 0 Å². The van der Waals surface area contributed by atoms with Gasteiger partial charge in [0.15, 0.2) is 0 Å². The molecular weight excluding hydrogens is 176 g/mol. The minimum absolute atomic E-state index is 0.379. The van der Waals surface area contributed by atoms with Gasteiger partial charge in [0.2, 0.25) is 5.91 Å². The van der Waals surface area contributed by atoms with Crippen LogP contribution in [0.2, 0.25) is 0 Å². The Morgan fingerprint density at radius 1 is 1.69 bits per heavy atom. The zero-order valence-corrected chi connectivity index (χ0v) is 6.90. The highest BCUT2D eigenvalue weighted by Gasteiger charge is 2.37. The van der Waals surface area contributed by atoms with E-state index in [4.69, 9.17) is 5.11 Å². The number of nitrogens with one attached hydrogen (secondary N) is 1. The lowest BCUT2D eigenvalue weighted by atomic mass is 9.86. The number of amides is 3. The van der Waals surface area contributed by atoms with Crippen molar-refractivity contribution >= 4 is 24.1 Å². The van der Waals surface area contributed by atoms with Crippen LogP contribution in [0.3, 0.4) is 0 Å². The third-order valence-electron chi connectivity index (χ3n) is 1.72. The van der Waals surface area contributed by atoms with Gasteiger partial charge in [-0.15, -0.1) is 0 Å². The predicted molar refractivity (Wildman–Crippen MR) is 42.4 cm³/mol. The molecule has 70 valence electrons. The molecule has 1 heterocycles. The fourth-order valence-electron chi connectivity index (χ4n) is 0.972. The maximum Gasteiger partial charge on any atom is 0.347 e. The van der Waals surface area contributed by atoms with E-state index in [1.165, 1.54) is 6.92 Å². The fraction of sp³-hybridized carbons (Fsp3) is 0.429. The average molecular weight is 184 g/mol. The van der Waals surface area contributed by atoms with Crippen molar-refractivity contribution in [3.8, 4) is 0 Å². The molecule has 2 N–H and O–H groups in total. The Kier molecular flexibility index (Phi) is 2.14. The van der Waals surface area contributed by atoms with Gasteiger partial charge >= 0.3 is 12.0 Å². The van der Waals surface area contributed by atoms with Gasteiger partial charge in [0.25, 0.3) is 0 Å². The SMILES string of the molecule is CC1(CC(=O)O)C=NC(=O)NC1=O. The molecule has 0 aromatic carbocycles. The monoisotopic (exact) mass is 184 g/mol. The van der Waals surface area contributed by atoms with E-state index in [0.717, 1.165) is 6.21 Å². The van der Waals surface area contributed by atoms with E-state index in [-0.39, 0.29) is 6.42 Å². The van der Waals surface area contributed by atoms with Crippen LogP contribution in [-0.2, 0) is 9.59 Å². The predicted octanol–water partition coefficient (Wildman–Crippen LogP) is -0.212. The highest BCUT2D eigenvalue weighted by Crippen LogP contribution is 2.21. The molecule has 0 radical (unpaired) electrons. The second kappa shape index (κ2) is 2.96. The largest absolute Gasteiger partial charge is 0.481 e. The molecule has 0 aliphatic carbocycles. The number of aliphatic imine (C=N–C) groups is 1. The van der Waals surface area contributed by atoms with Crippen LogP contribution >= 0.6 is 0 Å². The zero-order valence-electron chi connectivity index (χ0n) is 6.90. The van der Waals surface area contributed by atoms with Gasteiger partial charge in [-0.2, -0.15) is 0 Å². The Bertz CT molecular complexity index is 310. The van der Waals surface area contributed by atoms with Crippen LogP contribution in [0.5, 0.6) is 0 Å². The maximum atomic E-state index is 11.2. The molecule has 6 nitrogen and oxygen atoms in total. The van der Waals surface area contributed by atoms with E-state index in [1.807, 2.05) is 5.32 Å². The van der Waals surface area contributed by atoms with E-state index in [0.29, 0.717) is 0 Å². The summed E-state index contributed by atoms with van der Waals surface area (Å²) < 4.78 is 0. The zero-order chi connectivity index (χ0) is 10.1. The normalized spacial score (nSPS) is 27.2. The molecule has 0 bridgehead atoms. The van der Waals surface area contributed by atoms with E-state index < -0.39 is 23.3 Å². The number of nitrogens with zero attached hydrogens (tertiary/aromatic N) is 1. The molecule has 0 aromatic rings. The van der Waals surface area contributed by atoms with Gasteiger partial charge in [-0.05, 0) is 6.92 Å². The van der Waals surface area contributed by atoms with Crippen LogP contribution in [0.25, 0.3) is 0 Å². The molecule has 0 fully saturated rings. The molecule has 6 heteroatoms. The van der Waals surface area contributed by atoms with Gasteiger partial charge in [0.1, 0.15) is 0 Å². The molecular formula is C7H8N2O4. The maximum absolute atomic E-state index is 11.2. The number of imide groups is 1. The van der Waals surface area contributed by atoms with Gasteiger partial charge in [0.05, 0.1) is 11.8 Å². The van der Waals surface area contributed by atoms with Gasteiger partial charge in [0, 0.05) is 6.21 Å². The third kappa shape index (κ3) is 1.90. The van der Waals surface area contributed by atoms with Crippen LogP contribution in [-0.4, -0.2) is 29.2 Å². The minimum atomic E-state index is -1.22. The van der Waals surface area contributed by atoms with Crippen LogP contribution in [0.1, 0.15) is 13.3 Å². The summed E-state index contributed by atoms with van der Waals surface area (Å²) >= 11 is 0. The summed E-state index contributed by atoms with van der Waals surface area (Å²) in [6, 6.07) is -0.757. The van der Waals surface area contributed by atoms with Crippen molar-refractivity contribution in [1.82, 2.24) is 5.32 Å². The Hall–Kier alpha value is -1.72. The Morgan fingerprint density at radius 2 is 2.31 bits per heavy atom. The number of carboxylic acid groups (broad SMARTS) is 1. The number of carbonyl (C=O) groups excluding carboxylic acids is 2. The number of urea groups is 1. The van der Waals surface area contributed by atoms with Crippen molar-refractivity contribution < 1.29 is 19.5 Å². The van der Waals surface area contributed by atoms with Crippen molar-refractivity contribution in [2.24, 2.45) is 10.4 Å². The van der Waals surface area contributed by atoms with Crippen LogP contribution < -0.4 is 5.32 Å². The van der Waals surface area contributed by atoms with Crippen LogP contribution in [0, 0.1) is 5.41 Å². The molecule has 1 rings (SSSR count). The lowest BCUT2D eigenvalue weighted by Crippen LogP contribution is -2.47. The van der Waals surface area contributed by atoms with Crippen molar-refractivity contribution in [2.45, 2.75) is 13.3 Å². The Balaban J connectivity index is 2.89. The van der Waals surface area contributed by atoms with E-state index in [9.17, 15) is 14.4 Å². The van der Waals surface area contributed by atoms with Crippen molar-refractivity contribution in [3.05, 3.63) is 0 Å². The number of carbonyl (C=O) groups is 3. The first-order valence-electron chi connectivity index (χ1n) is 3.56. The standard InChI is InChI=1S/C7H8N2O4/c1-7(2-4(10)11)3-8-6(13)9-5(7)12/h3H,2H2,1H3,(H,10,11)(H,9,12,13). The molecule has 1 aliphatic heterocycles. The number of rotatable bonds is 2. The average Bonchev–Trinajstić information content (AvgIpc) is 1.97. The second-order valence-electron chi connectivity index (χ2n) is 3.01. The highest BCUT2D eigenvalue weighted by molar-refractivity contribution is 6.13. The molecule has 0 aromatic heterocycles. The van der Waals surface area contributed by atoms with Gasteiger partial charge in [-0.3, -0.25) is 14.9 Å². The van der Waals surface area contributed by atoms with Gasteiger partial charge in [-0.1, -0.05) is 0 Å². The van der Waals surface area contributed by atoms with Crippen LogP contribution in [0.4, 0.5) is 4.79 Å². The third-order valence-corrected chi connectivity index (χ3v) is 1.72. The smallest absolute Gasteiger partial charge is 0.347 e. The van der Waals surface area contributed by atoms with Gasteiger partial charge < -0.3 is 5.11 Å². The molecule has 1 unspecified atom stereocenters. The second-order valence-corrected chi connectivity index (χ2v) is 3.01. The number of aliphatic carboxylic acids is 1. The lowest BCUT2D eigenvalue weighted by Gasteiger charge is -2.23. The Labute approximate surface area is 73.6 Å². The first kappa shape index (κ1) is 9.37. The quantitative estimate of drug-likeness (QED) is 0.620. The minimum Gasteiger partial charge on any atom is -0.481 e. The lowest BCUT2D eigenvalue weighted by molar-refractivity contribution is -0.142. The van der Waals surface area contributed by atoms with E-state index >= 15 is 0 Å². The number of hydrogen-bond donors (Lipinski definition) is 2. The van der Waals surface area contributed by atoms with E-state index in [2.05, 4.69) is 4.99 Å². The molecule has 3 amide bonds. The summed E-state index contributed by atoms with van der Waals surface area (Å²) in [4.78, 5) is 35.4. The van der Waals surface area contributed by atoms with Crippen molar-refractivity contribution in [1.29, 1.82) is 0 Å². The summed E-state index contributed by atoms with van der Waals surface area (Å²) in [5, 5.41) is 10.4. The van der Waals surface area contributed by atoms with Gasteiger partial charge in [-0.25, -0.2) is 9.79 Å². The fourth-order valence-corrected chi connectivity index (χ4v) is 0.972. The molecule has 0 spiro atoms. The topological polar surface area (TPSA) is 95.8 Å². The molecule has 1 aliphatic rings. The molecule has 0 saturated carbocycles. The van der Waals surface area contributed by atoms with Crippen molar-refractivity contribution in [2.75, 3.05) is 0 Å². The summed E-state index contributed by atoms with van der Waals surface area (Å²) in [5.41, 5.74) is -1.22. The summed E-state index contributed by atoms with van der Waals surface area (Å²) in [6.45, 7) is 1.41. The molecule has 13 heavy (non-hydrogen) atoms. The van der Waals surface area contributed by atoms with Crippen LogP contribution in [0.15, 0.2) is 4.99 Å². The number of hydrogen-bond acceptors (Lipinski definition) is 3. The number of carboxylic acids is 1. The molecule has 1 atom stereocenters.